The zero-order valence-electron chi connectivity index (χ0n) is 5.73. The van der Waals surface area contributed by atoms with Crippen molar-refractivity contribution < 1.29 is 14.6 Å². The minimum atomic E-state index is -1.27. The number of carbonyl (C=O) groups is 1. The molecule has 0 aromatic carbocycles. The number of nitrogens with two attached hydrogens (primary N) is 1. The van der Waals surface area contributed by atoms with Crippen LogP contribution in [0, 0.1) is 0 Å². The Morgan fingerprint density at radius 2 is 2.55 bits per heavy atom. The van der Waals surface area contributed by atoms with E-state index in [1.54, 1.807) is 0 Å². The zero-order valence-corrected chi connectivity index (χ0v) is 5.73. The van der Waals surface area contributed by atoms with Gasteiger partial charge in [0.2, 0.25) is 0 Å². The van der Waals surface area contributed by atoms with Crippen LogP contribution in [0.3, 0.4) is 0 Å². The van der Waals surface area contributed by atoms with Gasteiger partial charge in [-0.2, -0.15) is 0 Å². The van der Waals surface area contributed by atoms with E-state index in [4.69, 9.17) is 0 Å². The summed E-state index contributed by atoms with van der Waals surface area (Å²) in [7, 11) is 0. The largest absolute Gasteiger partial charge is 0.446 e. The van der Waals surface area contributed by atoms with Crippen LogP contribution in [0.4, 0.5) is 4.79 Å². The second kappa shape index (κ2) is 2.71. The van der Waals surface area contributed by atoms with Gasteiger partial charge in [0.25, 0.3) is 0 Å². The Hall–Kier alpha value is -1.36. The number of carbonyl (C=O) groups excluding carboxylic acids is 1. The SMILES string of the molecule is NC(=O)OCC1(O)C=CN=C1. The van der Waals surface area contributed by atoms with E-state index < -0.39 is 11.7 Å². The van der Waals surface area contributed by atoms with Crippen LogP contribution in [0.1, 0.15) is 0 Å². The number of hydrogen-bond acceptors (Lipinski definition) is 4. The van der Waals surface area contributed by atoms with E-state index in [2.05, 4.69) is 15.5 Å². The molecule has 0 bridgehead atoms. The van der Waals surface area contributed by atoms with Crippen molar-refractivity contribution in [2.24, 2.45) is 10.7 Å². The molecule has 1 unspecified atom stereocenters. The average molecular weight is 156 g/mol. The van der Waals surface area contributed by atoms with Gasteiger partial charge in [-0.15, -0.1) is 0 Å². The summed E-state index contributed by atoms with van der Waals surface area (Å²) >= 11 is 0. The summed E-state index contributed by atoms with van der Waals surface area (Å²) in [5.74, 6) is 0. The number of rotatable bonds is 2. The summed E-state index contributed by atoms with van der Waals surface area (Å²) < 4.78 is 4.38. The van der Waals surface area contributed by atoms with Gasteiger partial charge in [0.15, 0.2) is 5.60 Å². The van der Waals surface area contributed by atoms with Gasteiger partial charge >= 0.3 is 6.09 Å². The molecule has 1 aliphatic rings. The highest BCUT2D eigenvalue weighted by atomic mass is 16.6. The van der Waals surface area contributed by atoms with Crippen LogP contribution < -0.4 is 5.73 Å². The number of nitrogens with zero attached hydrogens (tertiary/aromatic N) is 1. The van der Waals surface area contributed by atoms with E-state index in [9.17, 15) is 9.90 Å². The molecular formula is C6H8N2O3. The van der Waals surface area contributed by atoms with E-state index in [1.165, 1.54) is 18.5 Å². The average Bonchev–Trinajstić information content (AvgIpc) is 2.33. The molecule has 0 aliphatic carbocycles. The lowest BCUT2D eigenvalue weighted by Gasteiger charge is -2.14. The predicted molar refractivity (Wildman–Crippen MR) is 38.1 cm³/mol. The minimum Gasteiger partial charge on any atom is -0.446 e. The van der Waals surface area contributed by atoms with Gasteiger partial charge < -0.3 is 15.6 Å². The highest BCUT2D eigenvalue weighted by Crippen LogP contribution is 2.09. The first-order valence-corrected chi connectivity index (χ1v) is 2.99. The Bertz CT molecular complexity index is 210. The van der Waals surface area contributed by atoms with Gasteiger partial charge in [-0.1, -0.05) is 0 Å². The zero-order chi connectivity index (χ0) is 8.32. The van der Waals surface area contributed by atoms with Crippen LogP contribution in [0.5, 0.6) is 0 Å². The van der Waals surface area contributed by atoms with Gasteiger partial charge in [-0.3, -0.25) is 4.99 Å². The van der Waals surface area contributed by atoms with E-state index in [0.29, 0.717) is 0 Å². The van der Waals surface area contributed by atoms with E-state index in [0.717, 1.165) is 0 Å². The van der Waals surface area contributed by atoms with Crippen molar-refractivity contribution >= 4 is 12.3 Å². The fraction of sp³-hybridized carbons (Fsp3) is 0.333. The van der Waals surface area contributed by atoms with Crippen molar-refractivity contribution in [2.75, 3.05) is 6.61 Å². The Morgan fingerprint density at radius 1 is 1.82 bits per heavy atom. The fourth-order valence-electron chi connectivity index (χ4n) is 0.659. The third-order valence-electron chi connectivity index (χ3n) is 1.19. The monoisotopic (exact) mass is 156 g/mol. The molecule has 60 valence electrons. The third-order valence-corrected chi connectivity index (χ3v) is 1.19. The predicted octanol–water partition coefficient (Wildman–Crippen LogP) is -0.589. The molecule has 0 saturated heterocycles. The van der Waals surface area contributed by atoms with Crippen LogP contribution in [-0.2, 0) is 4.74 Å². The topological polar surface area (TPSA) is 84.9 Å². The van der Waals surface area contributed by atoms with Gasteiger partial charge in [-0.25, -0.2) is 4.79 Å². The molecule has 0 spiro atoms. The molecule has 1 heterocycles. The molecule has 5 heteroatoms. The molecule has 5 nitrogen and oxygen atoms in total. The molecule has 11 heavy (non-hydrogen) atoms. The molecule has 1 atom stereocenters. The van der Waals surface area contributed by atoms with Gasteiger partial charge in [0.1, 0.15) is 6.61 Å². The summed E-state index contributed by atoms with van der Waals surface area (Å²) in [6.45, 7) is -0.192. The second-order valence-corrected chi connectivity index (χ2v) is 2.19. The highest BCUT2D eigenvalue weighted by molar-refractivity contribution is 5.75. The molecule has 0 aromatic heterocycles. The van der Waals surface area contributed by atoms with Crippen LogP contribution in [-0.4, -0.2) is 29.6 Å². The normalized spacial score (nSPS) is 27.4. The van der Waals surface area contributed by atoms with E-state index in [1.807, 2.05) is 0 Å². The van der Waals surface area contributed by atoms with E-state index >= 15 is 0 Å². The third kappa shape index (κ3) is 2.05. The van der Waals surface area contributed by atoms with Crippen molar-refractivity contribution in [3.8, 4) is 0 Å². The standard InChI is InChI=1S/C6H8N2O3/c7-5(9)11-4-6(10)1-2-8-3-6/h1-3,10H,4H2,(H2,7,9). The lowest BCUT2D eigenvalue weighted by molar-refractivity contribution is 0.0686. The Kier molecular flexibility index (Phi) is 1.91. The molecule has 3 N–H and O–H groups in total. The molecule has 1 rings (SSSR count). The molecule has 0 radical (unpaired) electrons. The van der Waals surface area contributed by atoms with Crippen LogP contribution in [0.15, 0.2) is 17.3 Å². The van der Waals surface area contributed by atoms with Crippen molar-refractivity contribution in [1.29, 1.82) is 0 Å². The smallest absolute Gasteiger partial charge is 0.404 e. The Morgan fingerprint density at radius 3 is 3.00 bits per heavy atom. The first-order valence-electron chi connectivity index (χ1n) is 2.99. The molecule has 0 fully saturated rings. The summed E-state index contributed by atoms with van der Waals surface area (Å²) in [6.07, 6.45) is 3.20. The maximum Gasteiger partial charge on any atom is 0.404 e. The van der Waals surface area contributed by atoms with Crippen LogP contribution in [0.2, 0.25) is 0 Å². The molecule has 1 amide bonds. The Balaban J connectivity index is 2.42. The number of ether oxygens (including phenoxy) is 1. The molecular weight excluding hydrogens is 148 g/mol. The van der Waals surface area contributed by atoms with Gasteiger partial charge in [0, 0.05) is 12.4 Å². The lowest BCUT2D eigenvalue weighted by Crippen LogP contribution is -2.34. The quantitative estimate of drug-likeness (QED) is 0.560. The first kappa shape index (κ1) is 7.74. The Labute approximate surface area is 63.2 Å². The van der Waals surface area contributed by atoms with Crippen molar-refractivity contribution in [3.05, 3.63) is 12.3 Å². The maximum atomic E-state index is 10.1. The van der Waals surface area contributed by atoms with Crippen molar-refractivity contribution in [1.82, 2.24) is 0 Å². The molecule has 0 saturated carbocycles. The minimum absolute atomic E-state index is 0.192. The van der Waals surface area contributed by atoms with Crippen LogP contribution >= 0.6 is 0 Å². The number of amides is 1. The lowest BCUT2D eigenvalue weighted by atomic mass is 10.1. The number of primary amides is 1. The van der Waals surface area contributed by atoms with Crippen molar-refractivity contribution in [3.63, 3.8) is 0 Å². The first-order chi connectivity index (χ1) is 5.12. The molecule has 0 aromatic rings. The summed E-state index contributed by atoms with van der Waals surface area (Å²) in [5.41, 5.74) is 3.42. The number of hydrogen-bond donors (Lipinski definition) is 2. The summed E-state index contributed by atoms with van der Waals surface area (Å²) in [4.78, 5) is 13.7. The number of aliphatic imine (C=N–C) groups is 1. The van der Waals surface area contributed by atoms with Gasteiger partial charge in [0.05, 0.1) is 0 Å². The van der Waals surface area contributed by atoms with Crippen LogP contribution in [0.25, 0.3) is 0 Å². The molecule has 1 aliphatic heterocycles. The van der Waals surface area contributed by atoms with Crippen molar-refractivity contribution in [2.45, 2.75) is 5.60 Å². The second-order valence-electron chi connectivity index (χ2n) is 2.19. The van der Waals surface area contributed by atoms with Gasteiger partial charge in [-0.05, 0) is 6.08 Å². The number of aliphatic hydroxyl groups is 1. The maximum absolute atomic E-state index is 10.1. The fourth-order valence-corrected chi connectivity index (χ4v) is 0.659. The summed E-state index contributed by atoms with van der Waals surface area (Å²) in [5, 5.41) is 9.37. The highest BCUT2D eigenvalue weighted by Gasteiger charge is 2.25. The van der Waals surface area contributed by atoms with E-state index in [-0.39, 0.29) is 6.61 Å². The summed E-state index contributed by atoms with van der Waals surface area (Å²) in [6, 6.07) is 0.